The van der Waals surface area contributed by atoms with Crippen molar-refractivity contribution in [3.8, 4) is 0 Å². The summed E-state index contributed by atoms with van der Waals surface area (Å²) in [5.41, 5.74) is 3.15. The molecular weight excluding hydrogens is 196 g/mol. The minimum absolute atomic E-state index is 0.102. The number of benzene rings is 1. The summed E-state index contributed by atoms with van der Waals surface area (Å²) in [6.45, 7) is 2.05. The summed E-state index contributed by atoms with van der Waals surface area (Å²) in [4.78, 5) is 11.7. The highest BCUT2D eigenvalue weighted by Gasteiger charge is 2.05. The van der Waals surface area contributed by atoms with Gasteiger partial charge >= 0.3 is 0 Å². The van der Waals surface area contributed by atoms with E-state index in [4.69, 9.17) is 0 Å². The third-order valence-corrected chi connectivity index (χ3v) is 2.59. The van der Waals surface area contributed by atoms with Crippen LogP contribution in [0.3, 0.4) is 0 Å². The van der Waals surface area contributed by atoms with Gasteiger partial charge in [-0.3, -0.25) is 4.79 Å². The quantitative estimate of drug-likeness (QED) is 0.698. The molecule has 1 heteroatoms. The fraction of sp³-hybridized carbons (Fsp3) is 0.133. The van der Waals surface area contributed by atoms with Gasteiger partial charge in [-0.25, -0.2) is 0 Å². The summed E-state index contributed by atoms with van der Waals surface area (Å²) in [7, 11) is 0. The number of hydrogen-bond donors (Lipinski definition) is 0. The molecule has 0 atom stereocenters. The smallest absolute Gasteiger partial charge is 0.182 e. The highest BCUT2D eigenvalue weighted by molar-refractivity contribution is 6.07. The van der Waals surface area contributed by atoms with Crippen molar-refractivity contribution in [2.24, 2.45) is 0 Å². The fourth-order valence-electron chi connectivity index (χ4n) is 1.59. The number of carbonyl (C=O) groups is 1. The van der Waals surface area contributed by atoms with Gasteiger partial charge in [0.05, 0.1) is 0 Å². The van der Waals surface area contributed by atoms with Crippen LogP contribution >= 0.6 is 0 Å². The van der Waals surface area contributed by atoms with Crippen molar-refractivity contribution in [1.29, 1.82) is 0 Å². The molecule has 0 fully saturated rings. The Morgan fingerprint density at radius 1 is 1.25 bits per heavy atom. The SMILES string of the molecule is Cc1ccc(/C=C/C(=O)C2=CC=CC2)cc1. The second-order valence-electron chi connectivity index (χ2n) is 3.93. The Kier molecular flexibility index (Phi) is 3.16. The van der Waals surface area contributed by atoms with E-state index in [1.165, 1.54) is 5.56 Å². The van der Waals surface area contributed by atoms with Gasteiger partial charge in [-0.05, 0) is 25.0 Å². The number of allylic oxidation sites excluding steroid dienone is 5. The van der Waals surface area contributed by atoms with Gasteiger partial charge in [0.15, 0.2) is 5.78 Å². The molecule has 0 heterocycles. The van der Waals surface area contributed by atoms with E-state index in [2.05, 4.69) is 0 Å². The zero-order valence-electron chi connectivity index (χ0n) is 9.31. The number of ketones is 1. The highest BCUT2D eigenvalue weighted by atomic mass is 16.1. The summed E-state index contributed by atoms with van der Waals surface area (Å²) < 4.78 is 0. The predicted molar refractivity (Wildman–Crippen MR) is 67.1 cm³/mol. The zero-order valence-corrected chi connectivity index (χ0v) is 9.31. The van der Waals surface area contributed by atoms with E-state index >= 15 is 0 Å². The van der Waals surface area contributed by atoms with E-state index in [0.29, 0.717) is 0 Å². The zero-order chi connectivity index (χ0) is 11.4. The maximum Gasteiger partial charge on any atom is 0.182 e. The van der Waals surface area contributed by atoms with Gasteiger partial charge in [0.2, 0.25) is 0 Å². The molecule has 0 aliphatic heterocycles. The predicted octanol–water partition coefficient (Wildman–Crippen LogP) is 3.46. The van der Waals surface area contributed by atoms with E-state index in [1.807, 2.05) is 55.5 Å². The van der Waals surface area contributed by atoms with Crippen LogP contribution in [0, 0.1) is 6.92 Å². The molecule has 1 nitrogen and oxygen atoms in total. The molecular formula is C15H14O. The van der Waals surface area contributed by atoms with Gasteiger partial charge in [0.1, 0.15) is 0 Å². The van der Waals surface area contributed by atoms with Gasteiger partial charge in [-0.15, -0.1) is 0 Å². The molecule has 0 amide bonds. The first-order valence-electron chi connectivity index (χ1n) is 5.40. The van der Waals surface area contributed by atoms with Crippen LogP contribution in [0.1, 0.15) is 17.5 Å². The van der Waals surface area contributed by atoms with Crippen molar-refractivity contribution in [3.63, 3.8) is 0 Å². The molecule has 0 N–H and O–H groups in total. The van der Waals surface area contributed by atoms with E-state index < -0.39 is 0 Å². The van der Waals surface area contributed by atoms with Crippen LogP contribution in [0.25, 0.3) is 6.08 Å². The minimum Gasteiger partial charge on any atom is -0.290 e. The molecule has 0 spiro atoms. The lowest BCUT2D eigenvalue weighted by atomic mass is 10.1. The van der Waals surface area contributed by atoms with Crippen LogP contribution < -0.4 is 0 Å². The lowest BCUT2D eigenvalue weighted by Gasteiger charge is -1.96. The molecule has 0 radical (unpaired) electrons. The van der Waals surface area contributed by atoms with Crippen LogP contribution in [-0.2, 0) is 4.79 Å². The molecule has 1 aliphatic carbocycles. The molecule has 80 valence electrons. The first-order valence-corrected chi connectivity index (χ1v) is 5.40. The topological polar surface area (TPSA) is 17.1 Å². The van der Waals surface area contributed by atoms with E-state index in [0.717, 1.165) is 17.6 Å². The summed E-state index contributed by atoms with van der Waals surface area (Å²) in [5, 5.41) is 0. The average molecular weight is 210 g/mol. The van der Waals surface area contributed by atoms with Crippen molar-refractivity contribution in [2.75, 3.05) is 0 Å². The van der Waals surface area contributed by atoms with Crippen molar-refractivity contribution in [2.45, 2.75) is 13.3 Å². The Balaban J connectivity index is 2.04. The van der Waals surface area contributed by atoms with E-state index in [-0.39, 0.29) is 5.78 Å². The monoisotopic (exact) mass is 210 g/mol. The van der Waals surface area contributed by atoms with Crippen molar-refractivity contribution >= 4 is 11.9 Å². The van der Waals surface area contributed by atoms with Gasteiger partial charge in [0, 0.05) is 5.57 Å². The van der Waals surface area contributed by atoms with Crippen molar-refractivity contribution in [3.05, 3.63) is 65.3 Å². The maximum absolute atomic E-state index is 11.7. The molecule has 0 aromatic heterocycles. The molecule has 1 aromatic rings. The van der Waals surface area contributed by atoms with Crippen molar-refractivity contribution in [1.82, 2.24) is 0 Å². The second-order valence-corrected chi connectivity index (χ2v) is 3.93. The Labute approximate surface area is 95.8 Å². The lowest BCUT2D eigenvalue weighted by Crippen LogP contribution is -1.94. The summed E-state index contributed by atoms with van der Waals surface area (Å²) in [6, 6.07) is 8.11. The molecule has 1 aliphatic rings. The Morgan fingerprint density at radius 3 is 2.62 bits per heavy atom. The number of aryl methyl sites for hydroxylation is 1. The number of hydrogen-bond acceptors (Lipinski definition) is 1. The van der Waals surface area contributed by atoms with Gasteiger partial charge in [0.25, 0.3) is 0 Å². The Bertz CT molecular complexity index is 473. The van der Waals surface area contributed by atoms with Crippen LogP contribution in [0.15, 0.2) is 54.1 Å². The third kappa shape index (κ3) is 2.57. The summed E-state index contributed by atoms with van der Waals surface area (Å²) in [5.74, 6) is 0.102. The molecule has 2 rings (SSSR count). The molecule has 0 saturated carbocycles. The van der Waals surface area contributed by atoms with Gasteiger partial charge in [-0.2, -0.15) is 0 Å². The largest absolute Gasteiger partial charge is 0.290 e. The third-order valence-electron chi connectivity index (χ3n) is 2.59. The highest BCUT2D eigenvalue weighted by Crippen LogP contribution is 2.13. The van der Waals surface area contributed by atoms with Crippen LogP contribution in [0.4, 0.5) is 0 Å². The molecule has 0 saturated heterocycles. The Hall–Kier alpha value is -1.89. The fourth-order valence-corrected chi connectivity index (χ4v) is 1.59. The van der Waals surface area contributed by atoms with Crippen LogP contribution in [-0.4, -0.2) is 5.78 Å². The van der Waals surface area contributed by atoms with Crippen molar-refractivity contribution < 1.29 is 4.79 Å². The first-order chi connectivity index (χ1) is 7.75. The van der Waals surface area contributed by atoms with Crippen LogP contribution in [0.2, 0.25) is 0 Å². The molecule has 1 aromatic carbocycles. The second kappa shape index (κ2) is 4.75. The molecule has 0 bridgehead atoms. The minimum atomic E-state index is 0.102. The molecule has 16 heavy (non-hydrogen) atoms. The first kappa shape index (κ1) is 10.6. The van der Waals surface area contributed by atoms with Gasteiger partial charge < -0.3 is 0 Å². The molecule has 0 unspecified atom stereocenters. The number of rotatable bonds is 3. The lowest BCUT2D eigenvalue weighted by molar-refractivity contribution is -0.111. The summed E-state index contributed by atoms with van der Waals surface area (Å²) in [6.07, 6.45) is 10.1. The van der Waals surface area contributed by atoms with Crippen LogP contribution in [0.5, 0.6) is 0 Å². The Morgan fingerprint density at radius 2 is 2.00 bits per heavy atom. The summed E-state index contributed by atoms with van der Waals surface area (Å²) >= 11 is 0. The number of carbonyl (C=O) groups excluding carboxylic acids is 1. The standard InChI is InChI=1S/C15H14O/c1-12-6-8-13(9-7-12)10-11-15(16)14-4-2-3-5-14/h2-4,6-11H,5H2,1H3/b11-10+. The van der Waals surface area contributed by atoms with E-state index in [1.54, 1.807) is 6.08 Å². The van der Waals surface area contributed by atoms with E-state index in [9.17, 15) is 4.79 Å². The normalized spacial score (nSPS) is 14.4. The average Bonchev–Trinajstić information content (AvgIpc) is 2.81. The maximum atomic E-state index is 11.7. The van der Waals surface area contributed by atoms with Gasteiger partial charge in [-0.1, -0.05) is 54.1 Å².